The zero-order chi connectivity index (χ0) is 19.1. The topological polar surface area (TPSA) is 42.2 Å². The van der Waals surface area contributed by atoms with Crippen molar-refractivity contribution in [3.63, 3.8) is 0 Å². The van der Waals surface area contributed by atoms with Crippen molar-refractivity contribution in [2.45, 2.75) is 52.9 Å². The van der Waals surface area contributed by atoms with Crippen LogP contribution < -0.4 is 10.8 Å². The third-order valence-electron chi connectivity index (χ3n) is 4.62. The Bertz CT molecular complexity index is 863. The molecule has 0 saturated carbocycles. The van der Waals surface area contributed by atoms with E-state index >= 15 is 0 Å². The van der Waals surface area contributed by atoms with Crippen molar-refractivity contribution < 1.29 is 13.2 Å². The summed E-state index contributed by atoms with van der Waals surface area (Å²) in [6.07, 6.45) is -3.92. The maximum atomic E-state index is 13.4. The van der Waals surface area contributed by atoms with Gasteiger partial charge in [0.25, 0.3) is 0 Å². The molecule has 140 valence electrons. The zero-order valence-corrected chi connectivity index (χ0v) is 15.4. The highest BCUT2D eigenvalue weighted by molar-refractivity contribution is 5.43. The van der Waals surface area contributed by atoms with Crippen LogP contribution in [0.25, 0.3) is 0 Å². The molecule has 1 aromatic carbocycles. The van der Waals surface area contributed by atoms with E-state index in [-0.39, 0.29) is 5.95 Å². The lowest BCUT2D eigenvalue weighted by Gasteiger charge is -2.25. The first-order chi connectivity index (χ1) is 12.1. The average molecular weight is 364 g/mol. The van der Waals surface area contributed by atoms with Gasteiger partial charge in [-0.15, -0.1) is 0 Å². The molecule has 2 atom stereocenters. The third-order valence-corrected chi connectivity index (χ3v) is 4.62. The number of anilines is 1. The van der Waals surface area contributed by atoms with Crippen LogP contribution in [0.5, 0.6) is 0 Å². The number of halogens is 3. The molecule has 1 N–H and O–H groups in total. The van der Waals surface area contributed by atoms with Crippen LogP contribution in [0, 0.1) is 26.7 Å². The van der Waals surface area contributed by atoms with E-state index in [1.165, 1.54) is 0 Å². The van der Waals surface area contributed by atoms with Gasteiger partial charge < -0.3 is 5.32 Å². The van der Waals surface area contributed by atoms with Gasteiger partial charge in [-0.05, 0) is 56.4 Å². The van der Waals surface area contributed by atoms with Crippen molar-refractivity contribution in [2.75, 3.05) is 5.32 Å². The van der Waals surface area contributed by atoms with Gasteiger partial charge in [0.05, 0.1) is 5.69 Å². The molecule has 0 bridgehead atoms. The van der Waals surface area contributed by atoms with Crippen LogP contribution in [0.2, 0.25) is 0 Å². The second-order valence-corrected chi connectivity index (χ2v) is 7.12. The number of aryl methyl sites for hydroxylation is 3. The van der Waals surface area contributed by atoms with Crippen molar-refractivity contribution in [2.24, 2.45) is 10.9 Å². The van der Waals surface area contributed by atoms with Gasteiger partial charge in [0, 0.05) is 18.3 Å². The summed E-state index contributed by atoms with van der Waals surface area (Å²) in [5, 5.41) is 2.61. The molecule has 2 aromatic rings. The number of aromatic nitrogens is 2. The van der Waals surface area contributed by atoms with Crippen molar-refractivity contribution in [3.05, 3.63) is 46.6 Å². The van der Waals surface area contributed by atoms with Gasteiger partial charge in [-0.25, -0.2) is 9.98 Å². The molecular weight excluding hydrogens is 341 g/mol. The molecule has 3 rings (SSSR count). The van der Waals surface area contributed by atoms with Gasteiger partial charge in [0.15, 0.2) is 0 Å². The van der Waals surface area contributed by atoms with Gasteiger partial charge in [0.2, 0.25) is 5.95 Å². The maximum Gasteiger partial charge on any atom is 0.408 e. The van der Waals surface area contributed by atoms with E-state index in [1.54, 1.807) is 24.5 Å². The summed E-state index contributed by atoms with van der Waals surface area (Å²) in [5.41, 5.74) is 4.21. The minimum absolute atomic E-state index is 0.222. The summed E-state index contributed by atoms with van der Waals surface area (Å²) in [5.74, 6) is -0.328. The van der Waals surface area contributed by atoms with E-state index in [9.17, 15) is 13.2 Å². The Morgan fingerprint density at radius 1 is 1.12 bits per heavy atom. The van der Waals surface area contributed by atoms with Gasteiger partial charge in [-0.3, -0.25) is 4.57 Å². The molecule has 7 heteroatoms. The lowest BCUT2D eigenvalue weighted by atomic mass is 9.98. The van der Waals surface area contributed by atoms with Crippen molar-refractivity contribution in [1.29, 1.82) is 0 Å². The van der Waals surface area contributed by atoms with Crippen LogP contribution in [0.1, 0.15) is 30.2 Å². The minimum Gasteiger partial charge on any atom is -0.344 e. The first-order valence-electron chi connectivity index (χ1n) is 8.68. The Labute approximate surface area is 150 Å². The molecule has 1 aliphatic rings. The largest absolute Gasteiger partial charge is 0.408 e. The number of hydrogen-bond donors (Lipinski definition) is 1. The Hall–Kier alpha value is -2.31. The Balaban J connectivity index is 2.13. The molecule has 0 amide bonds. The Kier molecular flexibility index (Phi) is 4.82. The second-order valence-electron chi connectivity index (χ2n) is 7.12. The highest BCUT2D eigenvalue weighted by Crippen LogP contribution is 2.32. The molecular formula is C19H23F3N4. The lowest BCUT2D eigenvalue weighted by molar-refractivity contribution is -0.152. The number of fused-ring (bicyclic) bond motifs is 1. The number of hydrogen-bond acceptors (Lipinski definition) is 3. The number of benzene rings is 1. The fraction of sp³-hybridized carbons (Fsp3) is 0.474. The van der Waals surface area contributed by atoms with E-state index in [0.717, 1.165) is 16.8 Å². The molecule has 1 aromatic heterocycles. The first kappa shape index (κ1) is 18.5. The van der Waals surface area contributed by atoms with Crippen LogP contribution in [0.15, 0.2) is 29.3 Å². The van der Waals surface area contributed by atoms with Gasteiger partial charge in [-0.1, -0.05) is 13.0 Å². The molecule has 0 saturated heterocycles. The van der Waals surface area contributed by atoms with E-state index in [1.807, 2.05) is 26.0 Å². The SMILES string of the molecule is Cc1cc(C)cc(N=c2cc(C)nc3n2CCC(C)C(C(F)(F)F)N3)c1. The highest BCUT2D eigenvalue weighted by Gasteiger charge is 2.44. The summed E-state index contributed by atoms with van der Waals surface area (Å²) >= 11 is 0. The number of alkyl halides is 3. The number of nitrogens with zero attached hydrogens (tertiary/aromatic N) is 3. The molecule has 2 unspecified atom stereocenters. The number of rotatable bonds is 1. The minimum atomic E-state index is -4.32. The molecule has 0 fully saturated rings. The molecule has 0 spiro atoms. The quantitative estimate of drug-likeness (QED) is 0.814. The van der Waals surface area contributed by atoms with Crippen LogP contribution in [0.3, 0.4) is 0 Å². The smallest absolute Gasteiger partial charge is 0.344 e. The maximum absolute atomic E-state index is 13.4. The predicted octanol–water partition coefficient (Wildman–Crippen LogP) is 4.42. The van der Waals surface area contributed by atoms with Crippen molar-refractivity contribution in [3.8, 4) is 0 Å². The monoisotopic (exact) mass is 364 g/mol. The van der Waals surface area contributed by atoms with Crippen LogP contribution >= 0.6 is 0 Å². The summed E-state index contributed by atoms with van der Waals surface area (Å²) in [7, 11) is 0. The second kappa shape index (κ2) is 6.78. The molecule has 2 heterocycles. The zero-order valence-electron chi connectivity index (χ0n) is 15.4. The van der Waals surface area contributed by atoms with E-state index in [2.05, 4.69) is 16.4 Å². The van der Waals surface area contributed by atoms with E-state index in [4.69, 9.17) is 4.99 Å². The summed E-state index contributed by atoms with van der Waals surface area (Å²) in [6.45, 7) is 7.81. The Morgan fingerprint density at radius 2 is 1.77 bits per heavy atom. The average Bonchev–Trinajstić information content (AvgIpc) is 2.65. The fourth-order valence-electron chi connectivity index (χ4n) is 3.39. The molecule has 0 radical (unpaired) electrons. The van der Waals surface area contributed by atoms with Crippen LogP contribution in [-0.4, -0.2) is 21.8 Å². The van der Waals surface area contributed by atoms with E-state index < -0.39 is 18.1 Å². The lowest BCUT2D eigenvalue weighted by Crippen LogP contribution is -2.41. The summed E-state index contributed by atoms with van der Waals surface area (Å²) in [6, 6.07) is 6.17. The van der Waals surface area contributed by atoms with Crippen molar-refractivity contribution >= 4 is 11.6 Å². The molecule has 1 aliphatic heterocycles. The van der Waals surface area contributed by atoms with Gasteiger partial charge in [0.1, 0.15) is 11.5 Å². The third kappa shape index (κ3) is 3.92. The normalized spacial score (nSPS) is 21.1. The predicted molar refractivity (Wildman–Crippen MR) is 95.3 cm³/mol. The molecule has 0 aliphatic carbocycles. The van der Waals surface area contributed by atoms with Gasteiger partial charge >= 0.3 is 6.18 Å². The summed E-state index contributed by atoms with van der Waals surface area (Å²) < 4.78 is 41.9. The van der Waals surface area contributed by atoms with Gasteiger partial charge in [-0.2, -0.15) is 13.2 Å². The molecule has 4 nitrogen and oxygen atoms in total. The van der Waals surface area contributed by atoms with Crippen LogP contribution in [-0.2, 0) is 6.54 Å². The van der Waals surface area contributed by atoms with E-state index in [0.29, 0.717) is 24.1 Å². The van der Waals surface area contributed by atoms with Crippen molar-refractivity contribution in [1.82, 2.24) is 9.55 Å². The molecule has 26 heavy (non-hydrogen) atoms. The summed E-state index contributed by atoms with van der Waals surface area (Å²) in [4.78, 5) is 8.99. The Morgan fingerprint density at radius 3 is 2.38 bits per heavy atom. The van der Waals surface area contributed by atoms with Crippen LogP contribution in [0.4, 0.5) is 24.8 Å². The highest BCUT2D eigenvalue weighted by atomic mass is 19.4. The standard InChI is InChI=1S/C19H23F3N4/c1-11-7-12(2)9-15(8-11)24-16-10-14(4)23-18-25-17(19(20,21)22)13(3)5-6-26(16)18/h7-10,13,17H,5-6H2,1-4H3,(H,23,25). The fourth-order valence-corrected chi connectivity index (χ4v) is 3.39. The first-order valence-corrected chi connectivity index (χ1v) is 8.68. The number of nitrogens with one attached hydrogen (secondary N) is 1.